The molecule has 0 saturated heterocycles. The van der Waals surface area contributed by atoms with E-state index in [2.05, 4.69) is 34.3 Å². The molecule has 2 aromatic rings. The number of nitrogens with zero attached hydrogens (tertiary/aromatic N) is 2. The number of amides is 2. The molecule has 0 atom stereocenters. The minimum Gasteiger partial charge on any atom is -0.372 e. The molecule has 0 radical (unpaired) electrons. The van der Waals surface area contributed by atoms with Gasteiger partial charge in [0.15, 0.2) is 0 Å². The fourth-order valence-electron chi connectivity index (χ4n) is 3.89. The van der Waals surface area contributed by atoms with Crippen molar-refractivity contribution in [2.75, 3.05) is 41.7 Å². The van der Waals surface area contributed by atoms with Crippen LogP contribution in [0.1, 0.15) is 44.2 Å². The fraction of sp³-hybridized carbons (Fsp3) is 0.462. The van der Waals surface area contributed by atoms with Crippen LogP contribution in [-0.4, -0.2) is 48.9 Å². The highest BCUT2D eigenvalue weighted by atomic mass is 16.2. The van der Waals surface area contributed by atoms with Gasteiger partial charge in [-0.15, -0.1) is 0 Å². The van der Waals surface area contributed by atoms with E-state index in [4.69, 9.17) is 0 Å². The Bertz CT molecular complexity index is 918. The zero-order valence-electron chi connectivity index (χ0n) is 19.8. The van der Waals surface area contributed by atoms with Crippen molar-refractivity contribution >= 4 is 28.9 Å². The fourth-order valence-corrected chi connectivity index (χ4v) is 3.89. The van der Waals surface area contributed by atoms with E-state index in [9.17, 15) is 9.59 Å². The lowest BCUT2D eigenvalue weighted by Gasteiger charge is -2.22. The van der Waals surface area contributed by atoms with Gasteiger partial charge in [-0.25, -0.2) is 0 Å². The Labute approximate surface area is 192 Å². The molecule has 6 nitrogen and oxygen atoms in total. The predicted octanol–water partition coefficient (Wildman–Crippen LogP) is 4.58. The maximum atomic E-state index is 12.6. The Morgan fingerprint density at radius 2 is 1.62 bits per heavy atom. The van der Waals surface area contributed by atoms with Crippen LogP contribution in [0.25, 0.3) is 0 Å². The first kappa shape index (κ1) is 23.8. The number of hydrogen-bond acceptors (Lipinski definition) is 4. The molecule has 172 valence electrons. The molecule has 0 unspecified atom stereocenters. The standard InChI is InChI=1S/C26H36N4O2/c1-5-29(6-2)22-11-9-21(10-12-22)27-25(31)15-16-30(23-13-14-23)18-26(32)28-24-17-19(3)7-8-20(24)4/h7-12,17,23H,5-6,13-16,18H2,1-4H3,(H,27,31)(H,28,32). The molecule has 3 rings (SSSR count). The van der Waals surface area contributed by atoms with Crippen LogP contribution in [0.5, 0.6) is 0 Å². The van der Waals surface area contributed by atoms with Crippen LogP contribution in [0.2, 0.25) is 0 Å². The van der Waals surface area contributed by atoms with Crippen LogP contribution in [0.15, 0.2) is 42.5 Å². The lowest BCUT2D eigenvalue weighted by atomic mass is 10.1. The summed E-state index contributed by atoms with van der Waals surface area (Å²) in [5.74, 6) is -0.0563. The zero-order chi connectivity index (χ0) is 23.1. The Hall–Kier alpha value is -2.86. The van der Waals surface area contributed by atoms with E-state index in [0.29, 0.717) is 25.6 Å². The van der Waals surface area contributed by atoms with Gasteiger partial charge < -0.3 is 15.5 Å². The van der Waals surface area contributed by atoms with Crippen molar-refractivity contribution in [1.29, 1.82) is 0 Å². The molecule has 0 bridgehead atoms. The Balaban J connectivity index is 1.49. The number of carbonyl (C=O) groups excluding carboxylic acids is 2. The maximum absolute atomic E-state index is 12.6. The Morgan fingerprint density at radius 1 is 0.938 bits per heavy atom. The average molecular weight is 437 g/mol. The summed E-state index contributed by atoms with van der Waals surface area (Å²) in [6.07, 6.45) is 2.54. The molecule has 2 aromatic carbocycles. The second kappa shape index (κ2) is 11.1. The summed E-state index contributed by atoms with van der Waals surface area (Å²) in [5, 5.41) is 6.01. The van der Waals surface area contributed by atoms with Crippen LogP contribution in [0.4, 0.5) is 17.1 Å². The second-order valence-corrected chi connectivity index (χ2v) is 8.59. The molecule has 2 N–H and O–H groups in total. The summed E-state index contributed by atoms with van der Waals surface area (Å²) in [5.41, 5.74) is 4.98. The first-order valence-corrected chi connectivity index (χ1v) is 11.7. The normalized spacial score (nSPS) is 13.2. The minimum atomic E-state index is -0.0296. The Morgan fingerprint density at radius 3 is 2.25 bits per heavy atom. The smallest absolute Gasteiger partial charge is 0.238 e. The molecule has 1 saturated carbocycles. The van der Waals surface area contributed by atoms with Gasteiger partial charge in [-0.2, -0.15) is 0 Å². The molecule has 2 amide bonds. The van der Waals surface area contributed by atoms with E-state index in [0.717, 1.165) is 54.1 Å². The highest BCUT2D eigenvalue weighted by Gasteiger charge is 2.30. The number of carbonyl (C=O) groups is 2. The highest BCUT2D eigenvalue weighted by Crippen LogP contribution is 2.27. The molecule has 0 spiro atoms. The van der Waals surface area contributed by atoms with Crippen LogP contribution in [0, 0.1) is 13.8 Å². The molecular formula is C26H36N4O2. The summed E-state index contributed by atoms with van der Waals surface area (Å²) >= 11 is 0. The number of anilines is 3. The summed E-state index contributed by atoms with van der Waals surface area (Å²) in [7, 11) is 0. The van der Waals surface area contributed by atoms with E-state index in [1.165, 1.54) is 0 Å². The number of aryl methyl sites for hydroxylation is 2. The van der Waals surface area contributed by atoms with Gasteiger partial charge in [0.05, 0.1) is 6.54 Å². The van der Waals surface area contributed by atoms with Gasteiger partial charge in [0.2, 0.25) is 11.8 Å². The summed E-state index contributed by atoms with van der Waals surface area (Å²) in [4.78, 5) is 29.5. The molecule has 0 aliphatic heterocycles. The first-order chi connectivity index (χ1) is 15.4. The van der Waals surface area contributed by atoms with Gasteiger partial charge in [-0.1, -0.05) is 12.1 Å². The van der Waals surface area contributed by atoms with Crippen molar-refractivity contribution in [2.45, 2.75) is 53.0 Å². The molecule has 1 fully saturated rings. The predicted molar refractivity (Wildman–Crippen MR) is 132 cm³/mol. The molecule has 0 aromatic heterocycles. The summed E-state index contributed by atoms with van der Waals surface area (Å²) in [6.45, 7) is 11.1. The van der Waals surface area contributed by atoms with Crippen molar-refractivity contribution in [2.24, 2.45) is 0 Å². The van der Waals surface area contributed by atoms with E-state index in [1.54, 1.807) is 0 Å². The quantitative estimate of drug-likeness (QED) is 0.541. The summed E-state index contributed by atoms with van der Waals surface area (Å²) in [6, 6.07) is 14.4. The summed E-state index contributed by atoms with van der Waals surface area (Å²) < 4.78 is 0. The monoisotopic (exact) mass is 436 g/mol. The van der Waals surface area contributed by atoms with E-state index >= 15 is 0 Å². The van der Waals surface area contributed by atoms with Crippen LogP contribution in [0.3, 0.4) is 0 Å². The van der Waals surface area contributed by atoms with Crippen molar-refractivity contribution < 1.29 is 9.59 Å². The number of hydrogen-bond donors (Lipinski definition) is 2. The second-order valence-electron chi connectivity index (χ2n) is 8.59. The molecule has 1 aliphatic carbocycles. The molecule has 32 heavy (non-hydrogen) atoms. The third-order valence-corrected chi connectivity index (χ3v) is 5.98. The van der Waals surface area contributed by atoms with Gasteiger partial charge in [0, 0.05) is 49.2 Å². The van der Waals surface area contributed by atoms with E-state index in [1.807, 2.05) is 56.3 Å². The lowest BCUT2D eigenvalue weighted by Crippen LogP contribution is -2.37. The molecule has 6 heteroatoms. The van der Waals surface area contributed by atoms with Gasteiger partial charge in [-0.3, -0.25) is 14.5 Å². The SMILES string of the molecule is CCN(CC)c1ccc(NC(=O)CCN(CC(=O)Nc2cc(C)ccc2C)C2CC2)cc1. The lowest BCUT2D eigenvalue weighted by molar-refractivity contribution is -0.119. The average Bonchev–Trinajstić information content (AvgIpc) is 3.61. The van der Waals surface area contributed by atoms with Gasteiger partial charge >= 0.3 is 0 Å². The van der Waals surface area contributed by atoms with E-state index < -0.39 is 0 Å². The third kappa shape index (κ3) is 6.82. The maximum Gasteiger partial charge on any atom is 0.238 e. The number of benzene rings is 2. The van der Waals surface area contributed by atoms with Gasteiger partial charge in [-0.05, 0) is 82.0 Å². The van der Waals surface area contributed by atoms with Gasteiger partial charge in [0.1, 0.15) is 0 Å². The zero-order valence-corrected chi connectivity index (χ0v) is 19.8. The molecule has 1 aliphatic rings. The number of nitrogens with one attached hydrogen (secondary N) is 2. The van der Waals surface area contributed by atoms with Gasteiger partial charge in [0.25, 0.3) is 0 Å². The molecule has 0 heterocycles. The number of rotatable bonds is 11. The topological polar surface area (TPSA) is 64.7 Å². The largest absolute Gasteiger partial charge is 0.372 e. The third-order valence-electron chi connectivity index (χ3n) is 5.98. The van der Waals surface area contributed by atoms with Crippen LogP contribution in [-0.2, 0) is 9.59 Å². The van der Waals surface area contributed by atoms with E-state index in [-0.39, 0.29) is 11.8 Å². The Kier molecular flexibility index (Phi) is 8.28. The van der Waals surface area contributed by atoms with Crippen molar-refractivity contribution in [3.05, 3.63) is 53.6 Å². The molecular weight excluding hydrogens is 400 g/mol. The minimum absolute atomic E-state index is 0.0267. The first-order valence-electron chi connectivity index (χ1n) is 11.7. The van der Waals surface area contributed by atoms with Crippen molar-refractivity contribution in [3.63, 3.8) is 0 Å². The van der Waals surface area contributed by atoms with Crippen LogP contribution >= 0.6 is 0 Å². The van der Waals surface area contributed by atoms with Crippen LogP contribution < -0.4 is 15.5 Å². The van der Waals surface area contributed by atoms with Crippen molar-refractivity contribution in [3.8, 4) is 0 Å². The highest BCUT2D eigenvalue weighted by molar-refractivity contribution is 5.93. The van der Waals surface area contributed by atoms with Crippen molar-refractivity contribution in [1.82, 2.24) is 4.90 Å².